The number of piperidine rings is 1. The van der Waals surface area contributed by atoms with Gasteiger partial charge >= 0.3 is 11.9 Å². The quantitative estimate of drug-likeness (QED) is 0.385. The van der Waals surface area contributed by atoms with Crippen LogP contribution in [0.2, 0.25) is 5.02 Å². The van der Waals surface area contributed by atoms with E-state index in [9.17, 15) is 19.2 Å². The van der Waals surface area contributed by atoms with Crippen LogP contribution in [0, 0.1) is 0 Å². The van der Waals surface area contributed by atoms with Crippen LogP contribution in [0.5, 0.6) is 5.75 Å². The number of rotatable bonds is 9. The van der Waals surface area contributed by atoms with Gasteiger partial charge in [-0.15, -0.1) is 0 Å². The highest BCUT2D eigenvalue weighted by Gasteiger charge is 2.26. The van der Waals surface area contributed by atoms with E-state index in [2.05, 4.69) is 15.2 Å². The Balaban J connectivity index is 1.34. The number of ether oxygens (including phenoxy) is 3. The van der Waals surface area contributed by atoms with Gasteiger partial charge in [-0.1, -0.05) is 29.8 Å². The third-order valence-electron chi connectivity index (χ3n) is 6.51. The summed E-state index contributed by atoms with van der Waals surface area (Å²) in [5.74, 6) is -0.929. The van der Waals surface area contributed by atoms with E-state index in [0.717, 1.165) is 0 Å². The monoisotopic (exact) mass is 555 g/mol. The molecule has 2 aromatic carbocycles. The molecule has 4 rings (SSSR count). The van der Waals surface area contributed by atoms with Crippen molar-refractivity contribution in [1.82, 2.24) is 15.2 Å². The van der Waals surface area contributed by atoms with Crippen molar-refractivity contribution in [2.75, 3.05) is 33.3 Å². The first-order valence-electron chi connectivity index (χ1n) is 12.6. The van der Waals surface area contributed by atoms with Crippen molar-refractivity contribution >= 4 is 40.2 Å². The number of esters is 2. The number of fused-ring (bicyclic) bond motifs is 1. The summed E-state index contributed by atoms with van der Waals surface area (Å²) < 4.78 is 16.4. The molecule has 0 radical (unpaired) electrons. The van der Waals surface area contributed by atoms with Gasteiger partial charge in [0, 0.05) is 48.5 Å². The Morgan fingerprint density at radius 2 is 1.82 bits per heavy atom. The zero-order valence-corrected chi connectivity index (χ0v) is 22.5. The van der Waals surface area contributed by atoms with Gasteiger partial charge < -0.3 is 24.5 Å². The summed E-state index contributed by atoms with van der Waals surface area (Å²) in [4.78, 5) is 53.6. The second-order valence-electron chi connectivity index (χ2n) is 9.27. The highest BCUT2D eigenvalue weighted by molar-refractivity contribution is 6.31. The van der Waals surface area contributed by atoms with Crippen LogP contribution < -0.4 is 15.6 Å². The van der Waals surface area contributed by atoms with E-state index in [0.29, 0.717) is 59.6 Å². The van der Waals surface area contributed by atoms with E-state index in [1.165, 1.54) is 26.3 Å². The van der Waals surface area contributed by atoms with Gasteiger partial charge in [0.15, 0.2) is 0 Å². The molecule has 1 saturated heterocycles. The zero-order chi connectivity index (χ0) is 27.9. The molecule has 0 spiro atoms. The van der Waals surface area contributed by atoms with E-state index in [1.807, 2.05) is 0 Å². The predicted molar refractivity (Wildman–Crippen MR) is 145 cm³/mol. The number of amides is 1. The third kappa shape index (κ3) is 7.15. The number of likely N-dealkylation sites (tertiary alicyclic amines) is 1. The molecule has 0 saturated carbocycles. The first-order chi connectivity index (χ1) is 18.7. The molecule has 3 aromatic rings. The molecule has 0 bridgehead atoms. The van der Waals surface area contributed by atoms with Gasteiger partial charge in [-0.2, -0.15) is 0 Å². The van der Waals surface area contributed by atoms with Crippen molar-refractivity contribution in [2.45, 2.75) is 32.0 Å². The van der Waals surface area contributed by atoms with Crippen LogP contribution in [-0.4, -0.2) is 73.2 Å². The van der Waals surface area contributed by atoms with Crippen LogP contribution in [0.25, 0.3) is 10.8 Å². The van der Waals surface area contributed by atoms with E-state index >= 15 is 0 Å². The number of aromatic nitrogens is 1. The number of halogens is 1. The van der Waals surface area contributed by atoms with E-state index in [4.69, 9.17) is 25.8 Å². The summed E-state index contributed by atoms with van der Waals surface area (Å²) in [6.45, 7) is 3.20. The SMILES string of the molecule is COC(=O)c1cc(Cl)ccc1OC1CCN(C[C@H](CNC(=O)c2c[nH]c(=O)c3ccccc23)OC(C)=O)CC1. The maximum atomic E-state index is 12.9. The summed E-state index contributed by atoms with van der Waals surface area (Å²) in [6.07, 6.45) is 2.07. The Morgan fingerprint density at radius 1 is 1.10 bits per heavy atom. The Labute approximate surface area is 230 Å². The smallest absolute Gasteiger partial charge is 0.341 e. The minimum absolute atomic E-state index is 0.107. The first-order valence-corrected chi connectivity index (χ1v) is 13.0. The topological polar surface area (TPSA) is 127 Å². The van der Waals surface area contributed by atoms with Crippen LogP contribution in [0.15, 0.2) is 53.5 Å². The van der Waals surface area contributed by atoms with Gasteiger partial charge in [0.1, 0.15) is 23.5 Å². The minimum atomic E-state index is -0.569. The Bertz CT molecular complexity index is 1420. The zero-order valence-electron chi connectivity index (χ0n) is 21.7. The van der Waals surface area contributed by atoms with Crippen molar-refractivity contribution < 1.29 is 28.6 Å². The van der Waals surface area contributed by atoms with Crippen molar-refractivity contribution in [3.63, 3.8) is 0 Å². The lowest BCUT2D eigenvalue weighted by molar-refractivity contribution is -0.147. The van der Waals surface area contributed by atoms with Crippen LogP contribution in [0.4, 0.5) is 0 Å². The molecular weight excluding hydrogens is 526 g/mol. The largest absolute Gasteiger partial charge is 0.489 e. The number of carbonyl (C=O) groups is 3. The molecule has 0 aliphatic carbocycles. The number of carbonyl (C=O) groups excluding carboxylic acids is 3. The molecule has 1 amide bonds. The molecule has 2 N–H and O–H groups in total. The second kappa shape index (κ2) is 12.8. The summed E-state index contributed by atoms with van der Waals surface area (Å²) in [7, 11) is 1.30. The highest BCUT2D eigenvalue weighted by Crippen LogP contribution is 2.27. The van der Waals surface area contributed by atoms with Crippen molar-refractivity contribution in [3.8, 4) is 5.75 Å². The Hall–Kier alpha value is -3.89. The van der Waals surface area contributed by atoms with Crippen molar-refractivity contribution in [3.05, 3.63) is 75.2 Å². The number of nitrogens with zero attached hydrogens (tertiary/aromatic N) is 1. The van der Waals surface area contributed by atoms with Gasteiger partial charge in [0.25, 0.3) is 11.5 Å². The fraction of sp³-hybridized carbons (Fsp3) is 0.357. The summed E-state index contributed by atoms with van der Waals surface area (Å²) in [5.41, 5.74) is 0.330. The summed E-state index contributed by atoms with van der Waals surface area (Å²) in [5, 5.41) is 4.20. The maximum Gasteiger partial charge on any atom is 0.341 e. The molecule has 1 aromatic heterocycles. The molecule has 1 fully saturated rings. The standard InChI is InChI=1S/C28H30ClN3O7/c1-17(33)38-20(14-30-27(35)24-15-31-26(34)22-6-4-3-5-21(22)24)16-32-11-9-19(10-12-32)39-25-8-7-18(29)13-23(25)28(36)37-2/h3-8,13,15,19-20H,9-12,14,16H2,1-2H3,(H,30,35)(H,31,34)/t20-/m0/s1. The lowest BCUT2D eigenvalue weighted by Crippen LogP contribution is -2.46. The normalized spacial score (nSPS) is 14.9. The van der Waals surface area contributed by atoms with Crippen molar-refractivity contribution in [2.24, 2.45) is 0 Å². The van der Waals surface area contributed by atoms with Crippen LogP contribution in [0.1, 0.15) is 40.5 Å². The average Bonchev–Trinajstić information content (AvgIpc) is 2.93. The molecule has 39 heavy (non-hydrogen) atoms. The molecule has 2 heterocycles. The molecule has 206 valence electrons. The van der Waals surface area contributed by atoms with E-state index in [1.54, 1.807) is 36.4 Å². The van der Waals surface area contributed by atoms with Gasteiger partial charge in [-0.05, 0) is 37.1 Å². The van der Waals surface area contributed by atoms with Gasteiger partial charge in [-0.25, -0.2) is 4.79 Å². The molecule has 10 nitrogen and oxygen atoms in total. The number of nitrogens with one attached hydrogen (secondary N) is 2. The van der Waals surface area contributed by atoms with E-state index in [-0.39, 0.29) is 29.7 Å². The van der Waals surface area contributed by atoms with Crippen LogP contribution in [-0.2, 0) is 14.3 Å². The van der Waals surface area contributed by atoms with Crippen molar-refractivity contribution in [1.29, 1.82) is 0 Å². The third-order valence-corrected chi connectivity index (χ3v) is 6.75. The minimum Gasteiger partial charge on any atom is -0.489 e. The molecule has 1 atom stereocenters. The number of aromatic amines is 1. The lowest BCUT2D eigenvalue weighted by Gasteiger charge is -2.34. The number of methoxy groups -OCH3 is 1. The molecule has 11 heteroatoms. The van der Waals surface area contributed by atoms with Gasteiger partial charge in [-0.3, -0.25) is 19.3 Å². The fourth-order valence-corrected chi connectivity index (χ4v) is 4.80. The molecule has 0 unspecified atom stereocenters. The number of hydrogen-bond donors (Lipinski definition) is 2. The number of hydrogen-bond acceptors (Lipinski definition) is 8. The lowest BCUT2D eigenvalue weighted by atomic mass is 10.1. The fourth-order valence-electron chi connectivity index (χ4n) is 4.63. The summed E-state index contributed by atoms with van der Waals surface area (Å²) >= 11 is 6.03. The second-order valence-corrected chi connectivity index (χ2v) is 9.70. The van der Waals surface area contributed by atoms with Crippen LogP contribution in [0.3, 0.4) is 0 Å². The molecule has 1 aliphatic rings. The summed E-state index contributed by atoms with van der Waals surface area (Å²) in [6, 6.07) is 11.7. The van der Waals surface area contributed by atoms with E-state index < -0.39 is 18.0 Å². The van der Waals surface area contributed by atoms with Gasteiger partial charge in [0.05, 0.1) is 19.2 Å². The average molecular weight is 556 g/mol. The number of pyridine rings is 1. The first kappa shape index (κ1) is 28.1. The Kier molecular flexibility index (Phi) is 9.21. The molecular formula is C28H30ClN3O7. The number of benzene rings is 2. The predicted octanol–water partition coefficient (Wildman–Crippen LogP) is 3.17. The van der Waals surface area contributed by atoms with Crippen LogP contribution >= 0.6 is 11.6 Å². The molecule has 1 aliphatic heterocycles. The maximum absolute atomic E-state index is 12.9. The van der Waals surface area contributed by atoms with Gasteiger partial charge in [0.2, 0.25) is 0 Å². The number of H-pyrrole nitrogens is 1. The Morgan fingerprint density at radius 3 is 2.51 bits per heavy atom. The highest BCUT2D eigenvalue weighted by atomic mass is 35.5.